The molecule has 0 saturated carbocycles. The number of ether oxygens (including phenoxy) is 1. The lowest BCUT2D eigenvalue weighted by Crippen LogP contribution is -2.04. The number of carbonyl (C=O) groups is 1. The van der Waals surface area contributed by atoms with Gasteiger partial charge >= 0.3 is 5.97 Å². The van der Waals surface area contributed by atoms with Crippen molar-refractivity contribution < 1.29 is 9.53 Å². The van der Waals surface area contributed by atoms with Gasteiger partial charge in [-0.3, -0.25) is 4.98 Å². The van der Waals surface area contributed by atoms with E-state index in [1.807, 2.05) is 42.6 Å². The lowest BCUT2D eigenvalue weighted by molar-refractivity contribution is -0.137. The third-order valence-corrected chi connectivity index (χ3v) is 4.56. The molecule has 3 nitrogen and oxygen atoms in total. The van der Waals surface area contributed by atoms with Crippen LogP contribution in [0.4, 0.5) is 0 Å². The fourth-order valence-electron chi connectivity index (χ4n) is 3.17. The summed E-state index contributed by atoms with van der Waals surface area (Å²) in [6, 6.07) is 12.2. The van der Waals surface area contributed by atoms with Crippen LogP contribution in [0.25, 0.3) is 11.6 Å². The molecule has 2 rings (SSSR count). The monoisotopic (exact) mass is 377 g/mol. The predicted molar refractivity (Wildman–Crippen MR) is 117 cm³/mol. The quantitative estimate of drug-likeness (QED) is 0.303. The minimum atomic E-state index is -0.300. The van der Waals surface area contributed by atoms with Gasteiger partial charge in [-0.05, 0) is 61.1 Å². The molecule has 1 aromatic heterocycles. The van der Waals surface area contributed by atoms with E-state index in [0.29, 0.717) is 12.5 Å². The molecule has 0 unspecified atom stereocenters. The van der Waals surface area contributed by atoms with Gasteiger partial charge in [0.1, 0.15) is 0 Å². The highest BCUT2D eigenvalue weighted by molar-refractivity contribution is 5.91. The standard InChI is InChI=1S/C25H31NO2/c1-6-7-17-28-23(27)15-14-20-11-10-12-21(18(2)3)25(20)24(19(4)5)22-13-8-9-16-26-22/h8-16,18H,6-7,17H2,1-5H3/b15-14+. The Balaban J connectivity index is 2.52. The molecule has 3 heteroatoms. The molecule has 1 aromatic carbocycles. The van der Waals surface area contributed by atoms with Crippen LogP contribution >= 0.6 is 0 Å². The molecular formula is C25H31NO2. The molecule has 28 heavy (non-hydrogen) atoms. The Morgan fingerprint density at radius 1 is 1.14 bits per heavy atom. The summed E-state index contributed by atoms with van der Waals surface area (Å²) in [6.07, 6.45) is 7.10. The molecule has 0 N–H and O–H groups in total. The molecule has 0 aliphatic rings. The van der Waals surface area contributed by atoms with Crippen LogP contribution in [0.5, 0.6) is 0 Å². The highest BCUT2D eigenvalue weighted by Crippen LogP contribution is 2.35. The summed E-state index contributed by atoms with van der Waals surface area (Å²) in [5, 5.41) is 0. The number of nitrogens with zero attached hydrogens (tertiary/aromatic N) is 1. The normalized spacial score (nSPS) is 11.1. The summed E-state index contributed by atoms with van der Waals surface area (Å²) >= 11 is 0. The number of allylic oxidation sites excluding steroid dienone is 1. The van der Waals surface area contributed by atoms with Crippen molar-refractivity contribution >= 4 is 17.6 Å². The van der Waals surface area contributed by atoms with Gasteiger partial charge < -0.3 is 4.74 Å². The lowest BCUT2D eigenvalue weighted by atomic mass is 9.85. The minimum Gasteiger partial charge on any atom is -0.463 e. The Morgan fingerprint density at radius 2 is 1.93 bits per heavy atom. The Bertz CT molecular complexity index is 844. The molecule has 0 fully saturated rings. The van der Waals surface area contributed by atoms with Crippen molar-refractivity contribution in [1.82, 2.24) is 4.98 Å². The van der Waals surface area contributed by atoms with Gasteiger partial charge in [0.25, 0.3) is 0 Å². The number of carbonyl (C=O) groups excluding carboxylic acids is 1. The third kappa shape index (κ3) is 5.66. The molecule has 1 heterocycles. The van der Waals surface area contributed by atoms with E-state index in [-0.39, 0.29) is 5.97 Å². The van der Waals surface area contributed by atoms with Crippen LogP contribution in [-0.2, 0) is 9.53 Å². The van der Waals surface area contributed by atoms with E-state index in [0.717, 1.165) is 35.2 Å². The smallest absolute Gasteiger partial charge is 0.330 e. The van der Waals surface area contributed by atoms with Gasteiger partial charge in [-0.15, -0.1) is 0 Å². The van der Waals surface area contributed by atoms with Crippen molar-refractivity contribution in [2.45, 2.75) is 53.4 Å². The van der Waals surface area contributed by atoms with Gasteiger partial charge in [0.15, 0.2) is 0 Å². The van der Waals surface area contributed by atoms with E-state index in [9.17, 15) is 4.79 Å². The second-order valence-corrected chi connectivity index (χ2v) is 7.41. The van der Waals surface area contributed by atoms with Crippen molar-refractivity contribution in [3.63, 3.8) is 0 Å². The molecule has 2 aromatic rings. The summed E-state index contributed by atoms with van der Waals surface area (Å²) in [4.78, 5) is 16.7. The van der Waals surface area contributed by atoms with Crippen molar-refractivity contribution in [3.05, 3.63) is 76.6 Å². The predicted octanol–water partition coefficient (Wildman–Crippen LogP) is 6.40. The minimum absolute atomic E-state index is 0.300. The second kappa shape index (κ2) is 10.6. The molecule has 0 radical (unpaired) electrons. The van der Waals surface area contributed by atoms with Gasteiger partial charge in [-0.1, -0.05) is 57.0 Å². The number of benzene rings is 1. The lowest BCUT2D eigenvalue weighted by Gasteiger charge is -2.20. The van der Waals surface area contributed by atoms with Crippen LogP contribution in [0.15, 0.2) is 54.2 Å². The first-order chi connectivity index (χ1) is 13.5. The van der Waals surface area contributed by atoms with Crippen LogP contribution in [0.3, 0.4) is 0 Å². The zero-order valence-corrected chi connectivity index (χ0v) is 17.7. The van der Waals surface area contributed by atoms with Gasteiger partial charge in [-0.25, -0.2) is 4.79 Å². The van der Waals surface area contributed by atoms with Gasteiger partial charge in [0, 0.05) is 17.8 Å². The van der Waals surface area contributed by atoms with E-state index in [1.165, 1.54) is 17.2 Å². The van der Waals surface area contributed by atoms with Crippen molar-refractivity contribution in [2.24, 2.45) is 0 Å². The molecule has 0 aliphatic heterocycles. The maximum atomic E-state index is 12.1. The second-order valence-electron chi connectivity index (χ2n) is 7.41. The van der Waals surface area contributed by atoms with Crippen molar-refractivity contribution in [2.75, 3.05) is 6.61 Å². The molecule has 148 valence electrons. The first kappa shape index (κ1) is 21.6. The summed E-state index contributed by atoms with van der Waals surface area (Å²) < 4.78 is 5.26. The van der Waals surface area contributed by atoms with Crippen LogP contribution in [-0.4, -0.2) is 17.6 Å². The van der Waals surface area contributed by atoms with Crippen LogP contribution in [0.1, 0.15) is 75.8 Å². The fraction of sp³-hybridized carbons (Fsp3) is 0.360. The number of unbranched alkanes of at least 4 members (excludes halogenated alkanes) is 1. The third-order valence-electron chi connectivity index (χ3n) is 4.56. The largest absolute Gasteiger partial charge is 0.463 e. The van der Waals surface area contributed by atoms with E-state index in [1.54, 1.807) is 0 Å². The molecule has 0 saturated heterocycles. The molecular weight excluding hydrogens is 346 g/mol. The van der Waals surface area contributed by atoms with Crippen LogP contribution in [0.2, 0.25) is 0 Å². The molecule has 0 amide bonds. The van der Waals surface area contributed by atoms with E-state index in [2.05, 4.69) is 45.7 Å². The van der Waals surface area contributed by atoms with Gasteiger partial charge in [-0.2, -0.15) is 0 Å². The maximum Gasteiger partial charge on any atom is 0.330 e. The number of hydrogen-bond donors (Lipinski definition) is 0. The van der Waals surface area contributed by atoms with Gasteiger partial charge in [0.2, 0.25) is 0 Å². The number of rotatable bonds is 8. The number of esters is 1. The molecule has 0 spiro atoms. The summed E-state index contributed by atoms with van der Waals surface area (Å²) in [5.41, 5.74) is 6.62. The average Bonchev–Trinajstić information content (AvgIpc) is 2.67. The fourth-order valence-corrected chi connectivity index (χ4v) is 3.17. The number of aromatic nitrogens is 1. The van der Waals surface area contributed by atoms with Crippen LogP contribution < -0.4 is 0 Å². The maximum absolute atomic E-state index is 12.1. The Kier molecular flexibility index (Phi) is 8.19. The topological polar surface area (TPSA) is 39.2 Å². The zero-order chi connectivity index (χ0) is 20.5. The summed E-state index contributed by atoms with van der Waals surface area (Å²) in [7, 11) is 0. The van der Waals surface area contributed by atoms with Crippen molar-refractivity contribution in [3.8, 4) is 0 Å². The summed E-state index contributed by atoms with van der Waals surface area (Å²) in [6.45, 7) is 11.1. The van der Waals surface area contributed by atoms with Gasteiger partial charge in [0.05, 0.1) is 12.3 Å². The Morgan fingerprint density at radius 3 is 2.54 bits per heavy atom. The SMILES string of the molecule is CCCCOC(=O)/C=C/c1cccc(C(C)C)c1C(=C(C)C)c1ccccn1. The number of pyridine rings is 1. The first-order valence-electron chi connectivity index (χ1n) is 10.0. The molecule has 0 atom stereocenters. The van der Waals surface area contributed by atoms with E-state index < -0.39 is 0 Å². The highest BCUT2D eigenvalue weighted by atomic mass is 16.5. The Labute approximate surface area is 169 Å². The van der Waals surface area contributed by atoms with E-state index >= 15 is 0 Å². The first-order valence-corrected chi connectivity index (χ1v) is 10.0. The molecule has 0 bridgehead atoms. The van der Waals surface area contributed by atoms with E-state index in [4.69, 9.17) is 4.74 Å². The number of hydrogen-bond acceptors (Lipinski definition) is 3. The summed E-state index contributed by atoms with van der Waals surface area (Å²) in [5.74, 6) is 0.0452. The van der Waals surface area contributed by atoms with Crippen molar-refractivity contribution in [1.29, 1.82) is 0 Å². The Hall–Kier alpha value is -2.68. The average molecular weight is 378 g/mol. The zero-order valence-electron chi connectivity index (χ0n) is 17.7. The molecule has 0 aliphatic carbocycles. The highest BCUT2D eigenvalue weighted by Gasteiger charge is 2.17. The van der Waals surface area contributed by atoms with Crippen LogP contribution in [0, 0.1) is 0 Å².